The molecule has 2 aromatic carbocycles. The molecule has 0 fully saturated rings. The van der Waals surface area contributed by atoms with Crippen LogP contribution in [-0.2, 0) is 16.6 Å². The molecule has 0 aliphatic rings. The van der Waals surface area contributed by atoms with Gasteiger partial charge in [0, 0.05) is 6.07 Å². The van der Waals surface area contributed by atoms with Gasteiger partial charge in [-0.1, -0.05) is 29.4 Å². The van der Waals surface area contributed by atoms with Crippen LogP contribution in [0.15, 0.2) is 67.6 Å². The minimum absolute atomic E-state index is 0.0671. The summed E-state index contributed by atoms with van der Waals surface area (Å²) < 4.78 is 30.9. The predicted octanol–water partition coefficient (Wildman–Crippen LogP) is 1.83. The molecule has 150 valence electrons. The molecule has 8 nitrogen and oxygen atoms in total. The molecule has 0 saturated carbocycles. The molecule has 0 aliphatic carbocycles. The number of hydrogen-bond acceptors (Lipinski definition) is 6. The zero-order valence-corrected chi connectivity index (χ0v) is 16.9. The largest absolute Gasteiger partial charge is 0.451 e. The van der Waals surface area contributed by atoms with Gasteiger partial charge in [-0.2, -0.15) is 4.99 Å². The van der Waals surface area contributed by atoms with Crippen LogP contribution < -0.4 is 15.4 Å². The van der Waals surface area contributed by atoms with Crippen molar-refractivity contribution >= 4 is 48.5 Å². The van der Waals surface area contributed by atoms with E-state index in [1.807, 2.05) is 0 Å². The lowest BCUT2D eigenvalue weighted by Gasteiger charge is -2.01. The van der Waals surface area contributed by atoms with E-state index in [4.69, 9.17) is 16.0 Å². The predicted molar refractivity (Wildman–Crippen MR) is 112 cm³/mol. The average Bonchev–Trinajstić information content (AvgIpc) is 3.04. The van der Waals surface area contributed by atoms with Gasteiger partial charge in [0.1, 0.15) is 5.58 Å². The number of para-hydroxylation sites is 1. The number of primary sulfonamides is 1. The molecule has 0 unspecified atom stereocenters. The molecule has 4 aromatic rings. The van der Waals surface area contributed by atoms with Gasteiger partial charge < -0.3 is 8.98 Å². The summed E-state index contributed by atoms with van der Waals surface area (Å²) in [6.45, 7) is 0.0997. The summed E-state index contributed by atoms with van der Waals surface area (Å²) in [7, 11) is -3.89. The zero-order chi connectivity index (χ0) is 21.5. The highest BCUT2D eigenvalue weighted by atomic mass is 32.2. The molecule has 0 bridgehead atoms. The molecule has 2 heterocycles. The number of aromatic nitrogens is 1. The van der Waals surface area contributed by atoms with Gasteiger partial charge >= 0.3 is 5.91 Å². The molecule has 2 aromatic heterocycles. The van der Waals surface area contributed by atoms with Gasteiger partial charge in [0.15, 0.2) is 16.0 Å². The van der Waals surface area contributed by atoms with E-state index < -0.39 is 15.9 Å². The van der Waals surface area contributed by atoms with Gasteiger partial charge in [-0.05, 0) is 30.3 Å². The number of rotatable bonds is 3. The Morgan fingerprint density at radius 1 is 1.23 bits per heavy atom. The highest BCUT2D eigenvalue weighted by molar-refractivity contribution is 7.89. The number of amides is 1. The Kier molecular flexibility index (Phi) is 4.87. The molecule has 0 spiro atoms. The Morgan fingerprint density at radius 2 is 2.00 bits per heavy atom. The van der Waals surface area contributed by atoms with E-state index in [-0.39, 0.29) is 33.0 Å². The third-order valence-corrected chi connectivity index (χ3v) is 6.23. The van der Waals surface area contributed by atoms with E-state index in [0.29, 0.717) is 15.6 Å². The van der Waals surface area contributed by atoms with Crippen molar-refractivity contribution in [2.24, 2.45) is 10.1 Å². The zero-order valence-electron chi connectivity index (χ0n) is 15.2. The molecule has 0 aliphatic heterocycles. The van der Waals surface area contributed by atoms with E-state index in [1.165, 1.54) is 12.1 Å². The highest BCUT2D eigenvalue weighted by Gasteiger charge is 2.15. The Hall–Kier alpha value is -3.52. The summed E-state index contributed by atoms with van der Waals surface area (Å²) in [4.78, 5) is 29.2. The lowest BCUT2D eigenvalue weighted by Crippen LogP contribution is -2.17. The van der Waals surface area contributed by atoms with Crippen LogP contribution in [0.5, 0.6) is 0 Å². The summed E-state index contributed by atoms with van der Waals surface area (Å²) in [6.07, 6.45) is 5.43. The van der Waals surface area contributed by atoms with Gasteiger partial charge in [-0.15, -0.1) is 6.42 Å². The minimum Gasteiger partial charge on any atom is -0.451 e. The van der Waals surface area contributed by atoms with E-state index in [0.717, 1.165) is 17.4 Å². The van der Waals surface area contributed by atoms with Crippen LogP contribution in [0.25, 0.3) is 21.2 Å². The van der Waals surface area contributed by atoms with Crippen molar-refractivity contribution in [2.75, 3.05) is 0 Å². The molecular formula is C20H13N3O5S2. The number of sulfonamides is 1. The van der Waals surface area contributed by atoms with Crippen molar-refractivity contribution < 1.29 is 17.6 Å². The maximum atomic E-state index is 12.7. The fourth-order valence-electron chi connectivity index (χ4n) is 2.91. The topological polar surface area (TPSA) is 125 Å². The second kappa shape index (κ2) is 7.38. The molecular weight excluding hydrogens is 426 g/mol. The van der Waals surface area contributed by atoms with Crippen molar-refractivity contribution in [1.82, 2.24) is 4.57 Å². The third-order valence-electron chi connectivity index (χ3n) is 4.27. The average molecular weight is 439 g/mol. The lowest BCUT2D eigenvalue weighted by molar-refractivity contribution is 0.0972. The molecule has 10 heteroatoms. The Morgan fingerprint density at radius 3 is 2.73 bits per heavy atom. The maximum Gasteiger partial charge on any atom is 0.315 e. The first-order chi connectivity index (χ1) is 14.3. The van der Waals surface area contributed by atoms with Crippen LogP contribution in [0.2, 0.25) is 0 Å². The van der Waals surface area contributed by atoms with Gasteiger partial charge in [-0.25, -0.2) is 13.6 Å². The van der Waals surface area contributed by atoms with Crippen molar-refractivity contribution in [3.8, 4) is 12.3 Å². The summed E-state index contributed by atoms with van der Waals surface area (Å²) in [5.41, 5.74) is 0.507. The van der Waals surface area contributed by atoms with E-state index in [2.05, 4.69) is 10.9 Å². The van der Waals surface area contributed by atoms with Gasteiger partial charge in [0.05, 0.1) is 27.0 Å². The maximum absolute atomic E-state index is 12.7. The number of carbonyl (C=O) groups is 1. The minimum atomic E-state index is -3.89. The summed E-state index contributed by atoms with van der Waals surface area (Å²) in [5, 5.41) is 5.54. The van der Waals surface area contributed by atoms with Gasteiger partial charge in [0.2, 0.25) is 10.0 Å². The van der Waals surface area contributed by atoms with E-state index >= 15 is 0 Å². The fraction of sp³-hybridized carbons (Fsp3) is 0.0500. The molecule has 0 saturated heterocycles. The van der Waals surface area contributed by atoms with Crippen LogP contribution in [0.3, 0.4) is 0 Å². The monoisotopic (exact) mass is 439 g/mol. The van der Waals surface area contributed by atoms with Crippen molar-refractivity contribution in [1.29, 1.82) is 0 Å². The molecule has 0 radical (unpaired) electrons. The second-order valence-electron chi connectivity index (χ2n) is 6.24. The van der Waals surface area contributed by atoms with Crippen LogP contribution >= 0.6 is 11.3 Å². The molecule has 30 heavy (non-hydrogen) atoms. The van der Waals surface area contributed by atoms with Crippen LogP contribution in [0, 0.1) is 12.3 Å². The van der Waals surface area contributed by atoms with Crippen molar-refractivity contribution in [2.45, 2.75) is 11.4 Å². The fourth-order valence-corrected chi connectivity index (χ4v) is 4.59. The molecule has 2 N–H and O–H groups in total. The molecule has 0 atom stereocenters. The van der Waals surface area contributed by atoms with Gasteiger partial charge in [-0.3, -0.25) is 9.59 Å². The number of thiazole rings is 1. The summed E-state index contributed by atoms with van der Waals surface area (Å²) in [6, 6.07) is 11.9. The number of fused-ring (bicyclic) bond motifs is 2. The van der Waals surface area contributed by atoms with Crippen LogP contribution in [0.4, 0.5) is 0 Å². The first kappa shape index (κ1) is 19.8. The quantitative estimate of drug-likeness (QED) is 0.488. The van der Waals surface area contributed by atoms with E-state index in [1.54, 1.807) is 34.9 Å². The number of terminal acetylenes is 1. The number of nitrogens with zero attached hydrogens (tertiary/aromatic N) is 2. The normalized spacial score (nSPS) is 12.3. The Labute approximate surface area is 174 Å². The van der Waals surface area contributed by atoms with Gasteiger partial charge in [0.25, 0.3) is 0 Å². The number of nitrogens with two attached hydrogens (primary N) is 1. The van der Waals surface area contributed by atoms with Crippen molar-refractivity contribution in [3.05, 3.63) is 69.3 Å². The first-order valence-corrected chi connectivity index (χ1v) is 10.9. The summed E-state index contributed by atoms with van der Waals surface area (Å²) >= 11 is 1.07. The lowest BCUT2D eigenvalue weighted by atomic mass is 10.2. The third kappa shape index (κ3) is 3.57. The Balaban J connectivity index is 1.89. The van der Waals surface area contributed by atoms with Crippen LogP contribution in [-0.4, -0.2) is 18.9 Å². The number of benzene rings is 2. The van der Waals surface area contributed by atoms with E-state index in [9.17, 15) is 18.0 Å². The molecule has 1 amide bonds. The van der Waals surface area contributed by atoms with Crippen LogP contribution in [0.1, 0.15) is 10.6 Å². The molecule has 4 rings (SSSR count). The summed E-state index contributed by atoms with van der Waals surface area (Å²) in [5.74, 6) is 1.50. The van der Waals surface area contributed by atoms with Crippen molar-refractivity contribution in [3.63, 3.8) is 0 Å². The Bertz CT molecular complexity index is 1600. The highest BCUT2D eigenvalue weighted by Crippen LogP contribution is 2.21. The number of hydrogen-bond donors (Lipinski definition) is 1. The first-order valence-electron chi connectivity index (χ1n) is 8.49. The number of carbonyl (C=O) groups excluding carboxylic acids is 1. The smallest absolute Gasteiger partial charge is 0.315 e. The standard InChI is InChI=1S/C20H13N3O5S2/c1-2-9-23-14-8-7-12(30(21,26)27)10-18(14)29-20(23)22-19(25)17-11-15(24)13-5-3-4-6-16(13)28-17/h1,3-8,10-11H,9H2,(H2,21,26,27). The SMILES string of the molecule is C#CCn1c(=NC(=O)c2cc(=O)c3ccccc3o2)sc2cc(S(N)(=O)=O)ccc21. The second-order valence-corrected chi connectivity index (χ2v) is 8.81.